The van der Waals surface area contributed by atoms with Crippen LogP contribution in [0.25, 0.3) is 0 Å². The number of alkyl halides is 2. The fourth-order valence-electron chi connectivity index (χ4n) is 4.61. The van der Waals surface area contributed by atoms with Crippen molar-refractivity contribution < 1.29 is 18.4 Å². The van der Waals surface area contributed by atoms with E-state index in [9.17, 15) is 18.4 Å². The number of hydrogen-bond acceptors (Lipinski definition) is 4. The second-order valence-electron chi connectivity index (χ2n) is 8.26. The molecule has 4 rings (SSSR count). The second kappa shape index (κ2) is 7.77. The van der Waals surface area contributed by atoms with Crippen molar-refractivity contribution in [2.45, 2.75) is 39.2 Å². The molecule has 0 saturated carbocycles. The monoisotopic (exact) mass is 417 g/mol. The Balaban J connectivity index is 1.51. The second-order valence-corrected chi connectivity index (χ2v) is 8.26. The van der Waals surface area contributed by atoms with E-state index in [1.807, 2.05) is 25.1 Å². The Bertz CT molecular complexity index is 976. The molecular weight excluding hydrogens is 392 g/mol. The molecule has 7 nitrogen and oxygen atoms in total. The zero-order chi connectivity index (χ0) is 21.5. The van der Waals surface area contributed by atoms with Gasteiger partial charge in [0.25, 0.3) is 12.3 Å². The molecular formula is C21H25F2N5O2. The minimum atomic E-state index is -2.82. The van der Waals surface area contributed by atoms with Crippen LogP contribution in [0.3, 0.4) is 0 Å². The van der Waals surface area contributed by atoms with E-state index in [2.05, 4.69) is 10.1 Å². The lowest BCUT2D eigenvalue weighted by Gasteiger charge is -2.39. The molecule has 0 radical (unpaired) electrons. The first kappa shape index (κ1) is 20.4. The minimum absolute atomic E-state index is 0.0172. The molecule has 2 aromatic rings. The van der Waals surface area contributed by atoms with Crippen LogP contribution in [0, 0.1) is 12.3 Å². The van der Waals surface area contributed by atoms with Gasteiger partial charge >= 0.3 is 0 Å². The molecule has 30 heavy (non-hydrogen) atoms. The predicted molar refractivity (Wildman–Crippen MR) is 105 cm³/mol. The van der Waals surface area contributed by atoms with Crippen molar-refractivity contribution in [3.05, 3.63) is 47.0 Å². The summed E-state index contributed by atoms with van der Waals surface area (Å²) in [5.41, 5.74) is 0.490. The van der Waals surface area contributed by atoms with Crippen LogP contribution in [0.1, 0.15) is 53.1 Å². The molecule has 0 unspecified atom stereocenters. The van der Waals surface area contributed by atoms with Gasteiger partial charge in [-0.05, 0) is 38.3 Å². The molecule has 9 heteroatoms. The number of rotatable bonds is 4. The van der Waals surface area contributed by atoms with Crippen LogP contribution in [-0.2, 0) is 18.4 Å². The molecule has 2 amide bonds. The summed E-state index contributed by atoms with van der Waals surface area (Å²) in [5, 5.41) is 3.73. The number of halogens is 2. The highest BCUT2D eigenvalue weighted by Gasteiger charge is 2.50. The largest absolute Gasteiger partial charge is 0.337 e. The van der Waals surface area contributed by atoms with E-state index in [0.29, 0.717) is 38.9 Å². The number of carbonyl (C=O) groups excluding carboxylic acids is 2. The number of piperidine rings is 1. The minimum Gasteiger partial charge on any atom is -0.337 e. The normalized spacial score (nSPS) is 21.8. The smallest absolute Gasteiger partial charge is 0.282 e. The van der Waals surface area contributed by atoms with Gasteiger partial charge in [-0.3, -0.25) is 19.3 Å². The molecule has 1 atom stereocenters. The molecule has 2 aliphatic rings. The molecule has 2 fully saturated rings. The molecule has 160 valence electrons. The fraction of sp³-hybridized carbons (Fsp3) is 0.524. The molecule has 0 bridgehead atoms. The summed E-state index contributed by atoms with van der Waals surface area (Å²) in [6.45, 7) is 3.65. The number of amides is 2. The van der Waals surface area contributed by atoms with E-state index in [1.165, 1.54) is 17.9 Å². The van der Waals surface area contributed by atoms with Gasteiger partial charge in [-0.25, -0.2) is 8.78 Å². The Hall–Kier alpha value is -2.84. The van der Waals surface area contributed by atoms with Gasteiger partial charge in [0.15, 0.2) is 0 Å². The fourth-order valence-corrected chi connectivity index (χ4v) is 4.61. The van der Waals surface area contributed by atoms with Crippen molar-refractivity contribution in [2.75, 3.05) is 19.6 Å². The van der Waals surface area contributed by atoms with Crippen LogP contribution in [0.15, 0.2) is 24.4 Å². The van der Waals surface area contributed by atoms with Crippen LogP contribution in [0.2, 0.25) is 0 Å². The van der Waals surface area contributed by atoms with E-state index < -0.39 is 23.4 Å². The Labute approximate surface area is 173 Å². The lowest BCUT2D eigenvalue weighted by atomic mass is 9.78. The lowest BCUT2D eigenvalue weighted by Crippen LogP contribution is -2.49. The van der Waals surface area contributed by atoms with Gasteiger partial charge in [0.2, 0.25) is 5.91 Å². The van der Waals surface area contributed by atoms with E-state index in [0.717, 1.165) is 11.4 Å². The maximum Gasteiger partial charge on any atom is 0.282 e. The van der Waals surface area contributed by atoms with Crippen LogP contribution in [-0.4, -0.2) is 56.0 Å². The molecule has 2 aromatic heterocycles. The summed E-state index contributed by atoms with van der Waals surface area (Å²) in [6, 6.07) is 5.73. The van der Waals surface area contributed by atoms with Gasteiger partial charge in [0.1, 0.15) is 5.69 Å². The summed E-state index contributed by atoms with van der Waals surface area (Å²) >= 11 is 0. The zero-order valence-corrected chi connectivity index (χ0v) is 17.1. The molecule has 2 aliphatic heterocycles. The standard InChI is InChI=1S/C21H25F2N5O2/c1-14-5-3-6-15(24-14)11-27-10-8-21(20(27)30)7-4-9-28(13-21)19(29)16-12-26(2)25-17(16)18(22)23/h3,5-6,12,18H,4,7-11,13H2,1-2H3/t21-/m1/s1. The Morgan fingerprint density at radius 1 is 1.27 bits per heavy atom. The molecule has 0 aromatic carbocycles. The number of aromatic nitrogens is 3. The van der Waals surface area contributed by atoms with Crippen molar-refractivity contribution in [1.29, 1.82) is 0 Å². The third-order valence-corrected chi connectivity index (χ3v) is 6.06. The van der Waals surface area contributed by atoms with Crippen molar-refractivity contribution in [3.8, 4) is 0 Å². The van der Waals surface area contributed by atoms with Gasteiger partial charge in [0.05, 0.1) is 23.2 Å². The lowest BCUT2D eigenvalue weighted by molar-refractivity contribution is -0.138. The van der Waals surface area contributed by atoms with Gasteiger partial charge in [-0.1, -0.05) is 6.07 Å². The van der Waals surface area contributed by atoms with E-state index >= 15 is 0 Å². The number of hydrogen-bond donors (Lipinski definition) is 0. The molecule has 0 N–H and O–H groups in total. The maximum atomic E-state index is 13.3. The van der Waals surface area contributed by atoms with E-state index in [1.54, 1.807) is 9.80 Å². The Morgan fingerprint density at radius 3 is 2.80 bits per heavy atom. The quantitative estimate of drug-likeness (QED) is 0.767. The third-order valence-electron chi connectivity index (χ3n) is 6.06. The average molecular weight is 417 g/mol. The van der Waals surface area contributed by atoms with Gasteiger partial charge in [-0.15, -0.1) is 0 Å². The van der Waals surface area contributed by atoms with Crippen LogP contribution in [0.4, 0.5) is 8.78 Å². The number of pyridine rings is 1. The summed E-state index contributed by atoms with van der Waals surface area (Å²) < 4.78 is 27.8. The molecule has 4 heterocycles. The average Bonchev–Trinajstić information content (AvgIpc) is 3.24. The summed E-state index contributed by atoms with van der Waals surface area (Å²) in [6.07, 6.45) is 0.516. The Kier molecular flexibility index (Phi) is 5.29. The van der Waals surface area contributed by atoms with Crippen LogP contribution in [0.5, 0.6) is 0 Å². The highest BCUT2D eigenvalue weighted by atomic mass is 19.3. The number of nitrogens with zero attached hydrogens (tertiary/aromatic N) is 5. The number of aryl methyl sites for hydroxylation is 2. The SMILES string of the molecule is Cc1cccc(CN2CC[C@@]3(CCCN(C(=O)c4cn(C)nc4C(F)F)C3)C2=O)n1. The van der Waals surface area contributed by atoms with Crippen LogP contribution < -0.4 is 0 Å². The molecule has 1 spiro atoms. The van der Waals surface area contributed by atoms with E-state index in [4.69, 9.17) is 0 Å². The van der Waals surface area contributed by atoms with Crippen molar-refractivity contribution >= 4 is 11.8 Å². The van der Waals surface area contributed by atoms with Gasteiger partial charge in [-0.2, -0.15) is 5.10 Å². The highest BCUT2D eigenvalue weighted by Crippen LogP contribution is 2.41. The van der Waals surface area contributed by atoms with Crippen LogP contribution >= 0.6 is 0 Å². The van der Waals surface area contributed by atoms with Crippen molar-refractivity contribution in [1.82, 2.24) is 24.6 Å². The first-order valence-electron chi connectivity index (χ1n) is 10.1. The third kappa shape index (κ3) is 3.68. The van der Waals surface area contributed by atoms with Crippen molar-refractivity contribution in [3.63, 3.8) is 0 Å². The van der Waals surface area contributed by atoms with Gasteiger partial charge in [0, 0.05) is 38.6 Å². The highest BCUT2D eigenvalue weighted by molar-refractivity contribution is 5.96. The summed E-state index contributed by atoms with van der Waals surface area (Å²) in [5.74, 6) is -0.465. The topological polar surface area (TPSA) is 71.3 Å². The summed E-state index contributed by atoms with van der Waals surface area (Å²) in [4.78, 5) is 34.1. The van der Waals surface area contributed by atoms with Crippen molar-refractivity contribution in [2.24, 2.45) is 12.5 Å². The Morgan fingerprint density at radius 2 is 2.07 bits per heavy atom. The van der Waals surface area contributed by atoms with Gasteiger partial charge < -0.3 is 9.80 Å². The molecule has 2 saturated heterocycles. The number of carbonyl (C=O) groups is 2. The predicted octanol–water partition coefficient (Wildman–Crippen LogP) is 2.72. The van der Waals surface area contributed by atoms with E-state index in [-0.39, 0.29) is 18.0 Å². The first-order chi connectivity index (χ1) is 14.3. The summed E-state index contributed by atoms with van der Waals surface area (Å²) in [7, 11) is 1.51. The number of likely N-dealkylation sites (tertiary alicyclic amines) is 2. The zero-order valence-electron chi connectivity index (χ0n) is 17.1. The maximum absolute atomic E-state index is 13.3. The first-order valence-corrected chi connectivity index (χ1v) is 10.1. The molecule has 0 aliphatic carbocycles.